The summed E-state index contributed by atoms with van der Waals surface area (Å²) < 4.78 is 0. The van der Waals surface area contributed by atoms with Gasteiger partial charge >= 0.3 is 0 Å². The molecule has 0 saturated carbocycles. The SMILES string of the molecule is CC(=O)N1CCc2nc([C@H]3CCCCN3CC(=O)N3CCCCC3)nc(N(C)C)c2C1. The highest BCUT2D eigenvalue weighted by Gasteiger charge is 2.32. The van der Waals surface area contributed by atoms with Gasteiger partial charge in [0.05, 0.1) is 24.8 Å². The molecule has 0 unspecified atom stereocenters. The van der Waals surface area contributed by atoms with Crippen LogP contribution in [0.25, 0.3) is 0 Å². The van der Waals surface area contributed by atoms with Crippen LogP contribution in [0.2, 0.25) is 0 Å². The minimum Gasteiger partial charge on any atom is -0.362 e. The maximum atomic E-state index is 12.9. The van der Waals surface area contributed by atoms with Crippen LogP contribution in [0, 0.1) is 0 Å². The van der Waals surface area contributed by atoms with Crippen LogP contribution in [0.3, 0.4) is 0 Å². The molecule has 0 aromatic carbocycles. The average molecular weight is 429 g/mol. The van der Waals surface area contributed by atoms with Crippen LogP contribution in [0.5, 0.6) is 0 Å². The number of amides is 2. The summed E-state index contributed by atoms with van der Waals surface area (Å²) in [5.41, 5.74) is 2.11. The van der Waals surface area contributed by atoms with E-state index in [9.17, 15) is 9.59 Å². The van der Waals surface area contributed by atoms with Crippen molar-refractivity contribution in [3.63, 3.8) is 0 Å². The van der Waals surface area contributed by atoms with Gasteiger partial charge in [0.15, 0.2) is 0 Å². The molecule has 0 N–H and O–H groups in total. The molecule has 0 bridgehead atoms. The van der Waals surface area contributed by atoms with Crippen molar-refractivity contribution in [2.45, 2.75) is 64.5 Å². The van der Waals surface area contributed by atoms with E-state index < -0.39 is 0 Å². The molecule has 2 saturated heterocycles. The molecule has 0 radical (unpaired) electrons. The van der Waals surface area contributed by atoms with Gasteiger partial charge in [0.2, 0.25) is 11.8 Å². The molecular weight excluding hydrogens is 392 g/mol. The van der Waals surface area contributed by atoms with Gasteiger partial charge in [-0.05, 0) is 38.6 Å². The number of carbonyl (C=O) groups is 2. The topological polar surface area (TPSA) is 72.9 Å². The lowest BCUT2D eigenvalue weighted by atomic mass is 9.99. The molecule has 4 heterocycles. The average Bonchev–Trinajstić information content (AvgIpc) is 2.78. The zero-order valence-electron chi connectivity index (χ0n) is 19.3. The predicted octanol–water partition coefficient (Wildman–Crippen LogP) is 1.99. The van der Waals surface area contributed by atoms with Crippen LogP contribution in [0.4, 0.5) is 5.82 Å². The van der Waals surface area contributed by atoms with Crippen LogP contribution in [-0.4, -0.2) is 83.3 Å². The number of rotatable bonds is 4. The van der Waals surface area contributed by atoms with E-state index in [2.05, 4.69) is 4.90 Å². The molecule has 8 heteroatoms. The van der Waals surface area contributed by atoms with Crippen molar-refractivity contribution in [3.05, 3.63) is 17.1 Å². The number of nitrogens with zero attached hydrogens (tertiary/aromatic N) is 6. The summed E-state index contributed by atoms with van der Waals surface area (Å²) >= 11 is 0. The molecule has 3 aliphatic heterocycles. The number of hydrogen-bond donors (Lipinski definition) is 0. The van der Waals surface area contributed by atoms with Gasteiger partial charge in [-0.1, -0.05) is 6.42 Å². The van der Waals surface area contributed by atoms with Gasteiger partial charge in [-0.15, -0.1) is 0 Å². The molecule has 1 atom stereocenters. The van der Waals surface area contributed by atoms with Crippen LogP contribution in [-0.2, 0) is 22.6 Å². The van der Waals surface area contributed by atoms with E-state index in [0.29, 0.717) is 19.6 Å². The van der Waals surface area contributed by atoms with Crippen LogP contribution < -0.4 is 4.90 Å². The van der Waals surface area contributed by atoms with Crippen LogP contribution in [0.1, 0.15) is 68.6 Å². The van der Waals surface area contributed by atoms with Gasteiger partial charge in [0.25, 0.3) is 0 Å². The van der Waals surface area contributed by atoms with Gasteiger partial charge in [0.1, 0.15) is 11.6 Å². The number of carbonyl (C=O) groups excluding carboxylic acids is 2. The second-order valence-electron chi connectivity index (χ2n) is 9.34. The number of hydrogen-bond acceptors (Lipinski definition) is 6. The monoisotopic (exact) mass is 428 g/mol. The number of likely N-dealkylation sites (tertiary alicyclic amines) is 2. The van der Waals surface area contributed by atoms with E-state index in [4.69, 9.17) is 9.97 Å². The second kappa shape index (κ2) is 9.51. The fraction of sp³-hybridized carbons (Fsp3) is 0.739. The zero-order chi connectivity index (χ0) is 22.0. The van der Waals surface area contributed by atoms with Gasteiger partial charge in [0, 0.05) is 52.6 Å². The predicted molar refractivity (Wildman–Crippen MR) is 120 cm³/mol. The largest absolute Gasteiger partial charge is 0.362 e. The van der Waals surface area contributed by atoms with Gasteiger partial charge in [-0.25, -0.2) is 9.97 Å². The first kappa shape index (κ1) is 22.0. The molecule has 2 amide bonds. The van der Waals surface area contributed by atoms with Crippen molar-refractivity contribution >= 4 is 17.6 Å². The zero-order valence-corrected chi connectivity index (χ0v) is 19.3. The summed E-state index contributed by atoms with van der Waals surface area (Å²) in [6.07, 6.45) is 7.45. The smallest absolute Gasteiger partial charge is 0.236 e. The Bertz CT molecular complexity index is 821. The Morgan fingerprint density at radius 1 is 0.968 bits per heavy atom. The third-order valence-corrected chi connectivity index (χ3v) is 6.88. The molecule has 170 valence electrons. The van der Waals surface area contributed by atoms with Gasteiger partial charge in [-0.3, -0.25) is 14.5 Å². The number of anilines is 1. The molecule has 3 aliphatic rings. The van der Waals surface area contributed by atoms with Crippen molar-refractivity contribution in [1.29, 1.82) is 0 Å². The quantitative estimate of drug-likeness (QED) is 0.730. The highest BCUT2D eigenvalue weighted by molar-refractivity contribution is 5.78. The fourth-order valence-electron chi connectivity index (χ4n) is 5.09. The van der Waals surface area contributed by atoms with Crippen LogP contribution in [0.15, 0.2) is 0 Å². The molecule has 31 heavy (non-hydrogen) atoms. The van der Waals surface area contributed by atoms with Crippen molar-refractivity contribution in [2.24, 2.45) is 0 Å². The normalized spacial score (nSPS) is 22.2. The molecule has 0 spiro atoms. The molecule has 1 aromatic heterocycles. The highest BCUT2D eigenvalue weighted by Crippen LogP contribution is 2.33. The first-order chi connectivity index (χ1) is 14.9. The molecule has 0 aliphatic carbocycles. The van der Waals surface area contributed by atoms with E-state index in [1.54, 1.807) is 6.92 Å². The minimum absolute atomic E-state index is 0.0809. The summed E-state index contributed by atoms with van der Waals surface area (Å²) in [5, 5.41) is 0. The Kier molecular flexibility index (Phi) is 6.74. The summed E-state index contributed by atoms with van der Waals surface area (Å²) in [7, 11) is 4.00. The lowest BCUT2D eigenvalue weighted by Crippen LogP contribution is -2.45. The second-order valence-corrected chi connectivity index (χ2v) is 9.34. The van der Waals surface area contributed by atoms with Crippen molar-refractivity contribution in [2.75, 3.05) is 51.7 Å². The van der Waals surface area contributed by atoms with Crippen LogP contribution >= 0.6 is 0 Å². The van der Waals surface area contributed by atoms with E-state index in [0.717, 1.165) is 81.1 Å². The fourth-order valence-corrected chi connectivity index (χ4v) is 5.09. The third kappa shape index (κ3) is 4.84. The van der Waals surface area contributed by atoms with E-state index in [1.165, 1.54) is 6.42 Å². The lowest BCUT2D eigenvalue weighted by molar-refractivity contribution is -0.134. The molecule has 2 fully saturated rings. The minimum atomic E-state index is 0.0809. The standard InChI is InChI=1S/C23H36N6O2/c1-17(30)28-14-10-19-18(15-28)23(26(2)3)25-22(24-19)20-9-5-8-13-29(20)16-21(31)27-11-6-4-7-12-27/h20H,4-16H2,1-3H3/t20-/m1/s1. The molecular formula is C23H36N6O2. The number of aromatic nitrogens is 2. The first-order valence-corrected chi connectivity index (χ1v) is 11.8. The maximum absolute atomic E-state index is 12.9. The maximum Gasteiger partial charge on any atom is 0.236 e. The first-order valence-electron chi connectivity index (χ1n) is 11.8. The van der Waals surface area contributed by atoms with Gasteiger partial charge in [-0.2, -0.15) is 0 Å². The molecule has 4 rings (SSSR count). The molecule has 1 aromatic rings. The Balaban J connectivity index is 1.58. The van der Waals surface area contributed by atoms with E-state index in [1.807, 2.05) is 28.8 Å². The lowest BCUT2D eigenvalue weighted by Gasteiger charge is -2.37. The summed E-state index contributed by atoms with van der Waals surface area (Å²) in [6, 6.07) is 0.0809. The number of piperidine rings is 2. The molecule has 8 nitrogen and oxygen atoms in total. The Morgan fingerprint density at radius 2 is 1.71 bits per heavy atom. The van der Waals surface area contributed by atoms with Crippen molar-refractivity contribution in [3.8, 4) is 0 Å². The summed E-state index contributed by atoms with van der Waals surface area (Å²) in [4.78, 5) is 43.1. The van der Waals surface area contributed by atoms with E-state index in [-0.39, 0.29) is 17.9 Å². The van der Waals surface area contributed by atoms with Gasteiger partial charge < -0.3 is 14.7 Å². The number of fused-ring (bicyclic) bond motifs is 1. The van der Waals surface area contributed by atoms with E-state index >= 15 is 0 Å². The summed E-state index contributed by atoms with van der Waals surface area (Å²) in [5.74, 6) is 2.08. The Hall–Kier alpha value is -2.22. The van der Waals surface area contributed by atoms with Crippen molar-refractivity contribution in [1.82, 2.24) is 24.7 Å². The Labute approximate surface area is 185 Å². The highest BCUT2D eigenvalue weighted by atomic mass is 16.2. The Morgan fingerprint density at radius 3 is 2.42 bits per heavy atom. The van der Waals surface area contributed by atoms with Crippen molar-refractivity contribution < 1.29 is 9.59 Å². The summed E-state index contributed by atoms with van der Waals surface area (Å²) in [6.45, 7) is 6.05. The third-order valence-electron chi connectivity index (χ3n) is 6.88.